The van der Waals surface area contributed by atoms with Gasteiger partial charge < -0.3 is 10.6 Å². The molecular weight excluding hydrogens is 237 g/mol. The molecular formula is C12H16FN3O2. The summed E-state index contributed by atoms with van der Waals surface area (Å²) in [6.07, 6.45) is 1.88. The number of rotatable bonds is 3. The van der Waals surface area contributed by atoms with Crippen molar-refractivity contribution in [3.63, 3.8) is 0 Å². The first-order valence-electron chi connectivity index (χ1n) is 6.01. The van der Waals surface area contributed by atoms with E-state index in [-0.39, 0.29) is 17.3 Å². The van der Waals surface area contributed by atoms with Crippen LogP contribution in [0.1, 0.15) is 12.8 Å². The molecule has 1 aliphatic rings. The van der Waals surface area contributed by atoms with E-state index < -0.39 is 10.7 Å². The number of halogens is 1. The van der Waals surface area contributed by atoms with Crippen molar-refractivity contribution >= 4 is 11.4 Å². The van der Waals surface area contributed by atoms with E-state index in [4.69, 9.17) is 5.73 Å². The second kappa shape index (κ2) is 5.30. The van der Waals surface area contributed by atoms with Gasteiger partial charge in [0.15, 0.2) is 11.5 Å². The lowest BCUT2D eigenvalue weighted by atomic mass is 9.97. The van der Waals surface area contributed by atoms with Gasteiger partial charge in [0, 0.05) is 19.2 Å². The lowest BCUT2D eigenvalue weighted by molar-refractivity contribution is -0.384. The molecule has 5 nitrogen and oxygen atoms in total. The Balaban J connectivity index is 2.34. The van der Waals surface area contributed by atoms with Gasteiger partial charge in [-0.1, -0.05) is 6.07 Å². The second-order valence-corrected chi connectivity index (χ2v) is 4.55. The second-order valence-electron chi connectivity index (χ2n) is 4.55. The number of hydrogen-bond acceptors (Lipinski definition) is 4. The molecule has 0 spiro atoms. The molecule has 98 valence electrons. The third kappa shape index (κ3) is 2.43. The molecule has 0 saturated carbocycles. The first kappa shape index (κ1) is 12.8. The highest BCUT2D eigenvalue weighted by molar-refractivity contribution is 5.64. The van der Waals surface area contributed by atoms with E-state index in [1.165, 1.54) is 18.2 Å². The molecule has 1 fully saturated rings. The SMILES string of the molecule is NCC1CCCN(c2c(F)cccc2[N+](=O)[O-])C1. The van der Waals surface area contributed by atoms with E-state index in [1.807, 2.05) is 0 Å². The minimum absolute atomic E-state index is 0.0978. The standard InChI is InChI=1S/C12H16FN3O2/c13-10-4-1-5-11(16(17)18)12(10)15-6-2-3-9(7-14)8-15/h1,4-5,9H,2-3,6-8,14H2. The fourth-order valence-corrected chi connectivity index (χ4v) is 2.42. The van der Waals surface area contributed by atoms with Gasteiger partial charge >= 0.3 is 0 Å². The number of anilines is 1. The molecule has 0 aromatic heterocycles. The topological polar surface area (TPSA) is 72.4 Å². The summed E-state index contributed by atoms with van der Waals surface area (Å²) in [4.78, 5) is 12.2. The highest BCUT2D eigenvalue weighted by Crippen LogP contribution is 2.33. The summed E-state index contributed by atoms with van der Waals surface area (Å²) < 4.78 is 13.8. The first-order valence-corrected chi connectivity index (χ1v) is 6.01. The fraction of sp³-hybridized carbons (Fsp3) is 0.500. The third-order valence-electron chi connectivity index (χ3n) is 3.33. The number of nitro groups is 1. The van der Waals surface area contributed by atoms with Gasteiger partial charge in [0.2, 0.25) is 0 Å². The fourth-order valence-electron chi connectivity index (χ4n) is 2.42. The van der Waals surface area contributed by atoms with Gasteiger partial charge in [-0.3, -0.25) is 10.1 Å². The number of piperidine rings is 1. The molecule has 1 heterocycles. The Morgan fingerprint density at radius 2 is 2.33 bits per heavy atom. The Labute approximate surface area is 105 Å². The van der Waals surface area contributed by atoms with Crippen LogP contribution in [0, 0.1) is 21.8 Å². The average molecular weight is 253 g/mol. The molecule has 2 rings (SSSR count). The van der Waals surface area contributed by atoms with E-state index >= 15 is 0 Å². The smallest absolute Gasteiger partial charge is 0.295 e. The van der Waals surface area contributed by atoms with E-state index in [0.29, 0.717) is 19.6 Å². The lowest BCUT2D eigenvalue weighted by Gasteiger charge is -2.33. The predicted molar refractivity (Wildman–Crippen MR) is 67.0 cm³/mol. The lowest BCUT2D eigenvalue weighted by Crippen LogP contribution is -2.39. The Morgan fingerprint density at radius 1 is 1.56 bits per heavy atom. The van der Waals surface area contributed by atoms with Crippen LogP contribution in [0.3, 0.4) is 0 Å². The van der Waals surface area contributed by atoms with Crippen molar-refractivity contribution in [1.82, 2.24) is 0 Å². The van der Waals surface area contributed by atoms with Gasteiger partial charge in [-0.2, -0.15) is 0 Å². The highest BCUT2D eigenvalue weighted by atomic mass is 19.1. The van der Waals surface area contributed by atoms with Crippen LogP contribution in [-0.4, -0.2) is 24.6 Å². The molecule has 6 heteroatoms. The molecule has 1 unspecified atom stereocenters. The number of nitro benzene ring substituents is 1. The van der Waals surface area contributed by atoms with Crippen LogP contribution < -0.4 is 10.6 Å². The predicted octanol–water partition coefficient (Wildman–Crippen LogP) is 1.91. The number of nitrogens with zero attached hydrogens (tertiary/aromatic N) is 2. The molecule has 1 aromatic carbocycles. The van der Waals surface area contributed by atoms with Gasteiger partial charge in [0.05, 0.1) is 4.92 Å². The van der Waals surface area contributed by atoms with Crippen LogP contribution in [0.5, 0.6) is 0 Å². The van der Waals surface area contributed by atoms with Crippen LogP contribution in [0.25, 0.3) is 0 Å². The molecule has 0 aliphatic carbocycles. The van der Waals surface area contributed by atoms with Gasteiger partial charge in [-0.05, 0) is 31.4 Å². The molecule has 1 atom stereocenters. The average Bonchev–Trinajstić information content (AvgIpc) is 2.38. The van der Waals surface area contributed by atoms with E-state index in [1.54, 1.807) is 4.90 Å². The molecule has 0 amide bonds. The molecule has 0 bridgehead atoms. The Morgan fingerprint density at radius 3 is 3.00 bits per heavy atom. The van der Waals surface area contributed by atoms with Gasteiger partial charge in [-0.15, -0.1) is 0 Å². The molecule has 18 heavy (non-hydrogen) atoms. The Kier molecular flexibility index (Phi) is 3.76. The zero-order valence-corrected chi connectivity index (χ0v) is 10.0. The third-order valence-corrected chi connectivity index (χ3v) is 3.33. The number of hydrogen-bond donors (Lipinski definition) is 1. The zero-order chi connectivity index (χ0) is 13.1. The summed E-state index contributed by atoms with van der Waals surface area (Å²) in [5.41, 5.74) is 5.55. The molecule has 2 N–H and O–H groups in total. The van der Waals surface area contributed by atoms with Crippen molar-refractivity contribution in [2.24, 2.45) is 11.7 Å². The van der Waals surface area contributed by atoms with Crippen molar-refractivity contribution in [3.8, 4) is 0 Å². The van der Waals surface area contributed by atoms with E-state index in [0.717, 1.165) is 12.8 Å². The van der Waals surface area contributed by atoms with Crippen molar-refractivity contribution in [2.75, 3.05) is 24.5 Å². The molecule has 1 aliphatic heterocycles. The molecule has 1 aromatic rings. The van der Waals surface area contributed by atoms with Crippen molar-refractivity contribution in [3.05, 3.63) is 34.1 Å². The summed E-state index contributed by atoms with van der Waals surface area (Å²) in [5, 5.41) is 11.0. The number of benzene rings is 1. The summed E-state index contributed by atoms with van der Waals surface area (Å²) in [6, 6.07) is 3.96. The van der Waals surface area contributed by atoms with E-state index in [2.05, 4.69) is 0 Å². The summed E-state index contributed by atoms with van der Waals surface area (Å²) in [7, 11) is 0. The summed E-state index contributed by atoms with van der Waals surface area (Å²) in [5.74, 6) is -0.264. The van der Waals surface area contributed by atoms with Crippen LogP contribution in [-0.2, 0) is 0 Å². The maximum Gasteiger partial charge on any atom is 0.295 e. The Bertz CT molecular complexity index is 453. The minimum atomic E-state index is -0.540. The number of nitrogens with two attached hydrogens (primary N) is 1. The van der Waals surface area contributed by atoms with Gasteiger partial charge in [0.25, 0.3) is 5.69 Å². The van der Waals surface area contributed by atoms with Crippen molar-refractivity contribution < 1.29 is 9.31 Å². The molecule has 0 radical (unpaired) electrons. The minimum Gasteiger partial charge on any atom is -0.363 e. The maximum absolute atomic E-state index is 13.8. The summed E-state index contributed by atoms with van der Waals surface area (Å²) in [6.45, 7) is 1.75. The van der Waals surface area contributed by atoms with Crippen LogP contribution in [0.2, 0.25) is 0 Å². The van der Waals surface area contributed by atoms with E-state index in [9.17, 15) is 14.5 Å². The van der Waals surface area contributed by atoms with Crippen molar-refractivity contribution in [2.45, 2.75) is 12.8 Å². The normalized spacial score (nSPS) is 19.9. The summed E-state index contributed by atoms with van der Waals surface area (Å²) >= 11 is 0. The maximum atomic E-state index is 13.8. The quantitative estimate of drug-likeness (QED) is 0.659. The largest absolute Gasteiger partial charge is 0.363 e. The Hall–Kier alpha value is -1.69. The number of para-hydroxylation sites is 1. The monoisotopic (exact) mass is 253 g/mol. The molecule has 1 saturated heterocycles. The van der Waals surface area contributed by atoms with Crippen molar-refractivity contribution in [1.29, 1.82) is 0 Å². The highest BCUT2D eigenvalue weighted by Gasteiger charge is 2.27. The van der Waals surface area contributed by atoms with Crippen LogP contribution in [0.15, 0.2) is 18.2 Å². The zero-order valence-electron chi connectivity index (χ0n) is 10.0. The van der Waals surface area contributed by atoms with Gasteiger partial charge in [-0.25, -0.2) is 4.39 Å². The first-order chi connectivity index (χ1) is 8.63. The van der Waals surface area contributed by atoms with Gasteiger partial charge in [0.1, 0.15) is 0 Å². The van der Waals surface area contributed by atoms with Crippen LogP contribution >= 0.6 is 0 Å². The van der Waals surface area contributed by atoms with Crippen LogP contribution in [0.4, 0.5) is 15.8 Å².